The standard InChI is InChI=1S/C18H11F3N6/c19-18(20,21)12-8-16(25-10-15-23-6-3-7-24-15)27-14-5-2-1-4-13(14)26-17(27)11(12)9-22/h1-8,25H,10H2. The number of aromatic nitrogens is 4. The van der Waals surface area contributed by atoms with E-state index in [9.17, 15) is 18.4 Å². The third-order valence-corrected chi connectivity index (χ3v) is 4.04. The van der Waals surface area contributed by atoms with Crippen molar-refractivity contribution < 1.29 is 13.2 Å². The molecule has 0 aliphatic heterocycles. The molecule has 0 fully saturated rings. The minimum Gasteiger partial charge on any atom is -0.364 e. The summed E-state index contributed by atoms with van der Waals surface area (Å²) in [4.78, 5) is 12.4. The molecule has 3 heterocycles. The zero-order valence-corrected chi connectivity index (χ0v) is 13.7. The number of rotatable bonds is 3. The van der Waals surface area contributed by atoms with Crippen LogP contribution in [0, 0.1) is 11.3 Å². The molecule has 0 bridgehead atoms. The highest BCUT2D eigenvalue weighted by Crippen LogP contribution is 2.37. The van der Waals surface area contributed by atoms with Gasteiger partial charge in [-0.15, -0.1) is 0 Å². The van der Waals surface area contributed by atoms with E-state index in [2.05, 4.69) is 20.3 Å². The minimum absolute atomic E-state index is 0.0509. The van der Waals surface area contributed by atoms with Crippen molar-refractivity contribution in [2.45, 2.75) is 12.7 Å². The van der Waals surface area contributed by atoms with Gasteiger partial charge in [0, 0.05) is 12.4 Å². The number of nitriles is 1. The van der Waals surface area contributed by atoms with Crippen LogP contribution in [0.5, 0.6) is 0 Å². The van der Waals surface area contributed by atoms with Crippen LogP contribution >= 0.6 is 0 Å². The van der Waals surface area contributed by atoms with Crippen LogP contribution in [0.4, 0.5) is 19.0 Å². The average molecular weight is 368 g/mol. The van der Waals surface area contributed by atoms with Crippen LogP contribution in [0.15, 0.2) is 48.8 Å². The molecule has 0 amide bonds. The van der Waals surface area contributed by atoms with Gasteiger partial charge in [0.1, 0.15) is 23.3 Å². The first-order valence-corrected chi connectivity index (χ1v) is 7.90. The zero-order chi connectivity index (χ0) is 19.0. The summed E-state index contributed by atoms with van der Waals surface area (Å²) in [6, 6.07) is 11.1. The monoisotopic (exact) mass is 368 g/mol. The van der Waals surface area contributed by atoms with Crippen LogP contribution in [0.25, 0.3) is 16.7 Å². The number of benzene rings is 1. The maximum atomic E-state index is 13.5. The van der Waals surface area contributed by atoms with Crippen molar-refractivity contribution >= 4 is 22.5 Å². The van der Waals surface area contributed by atoms with Crippen molar-refractivity contribution in [1.82, 2.24) is 19.4 Å². The molecule has 1 aromatic carbocycles. The van der Waals surface area contributed by atoms with E-state index in [0.717, 1.165) is 6.07 Å². The van der Waals surface area contributed by atoms with Gasteiger partial charge in [-0.25, -0.2) is 15.0 Å². The molecule has 0 spiro atoms. The summed E-state index contributed by atoms with van der Waals surface area (Å²) >= 11 is 0. The number of alkyl halides is 3. The first kappa shape index (κ1) is 16.8. The Labute approximate surface area is 150 Å². The molecule has 0 aliphatic rings. The summed E-state index contributed by atoms with van der Waals surface area (Å²) in [7, 11) is 0. The third kappa shape index (κ3) is 2.91. The fraction of sp³-hybridized carbons (Fsp3) is 0.111. The van der Waals surface area contributed by atoms with Crippen LogP contribution in [0.3, 0.4) is 0 Å². The maximum Gasteiger partial charge on any atom is 0.417 e. The molecule has 0 aliphatic carbocycles. The topological polar surface area (TPSA) is 78.9 Å². The number of imidazole rings is 1. The highest BCUT2D eigenvalue weighted by Gasteiger charge is 2.36. The number of anilines is 1. The zero-order valence-electron chi connectivity index (χ0n) is 13.7. The number of pyridine rings is 1. The van der Waals surface area contributed by atoms with E-state index in [1.54, 1.807) is 48.8 Å². The van der Waals surface area contributed by atoms with E-state index in [1.807, 2.05) is 0 Å². The van der Waals surface area contributed by atoms with Gasteiger partial charge in [-0.05, 0) is 24.3 Å². The molecular formula is C18H11F3N6. The number of fused-ring (bicyclic) bond motifs is 3. The first-order valence-electron chi connectivity index (χ1n) is 7.90. The van der Waals surface area contributed by atoms with Crippen LogP contribution in [0.2, 0.25) is 0 Å². The highest BCUT2D eigenvalue weighted by atomic mass is 19.4. The Bertz CT molecular complexity index is 1180. The van der Waals surface area contributed by atoms with Crippen LogP contribution in [-0.2, 0) is 12.7 Å². The van der Waals surface area contributed by atoms with Gasteiger partial charge in [-0.1, -0.05) is 12.1 Å². The molecule has 6 nitrogen and oxygen atoms in total. The van der Waals surface area contributed by atoms with Crippen LogP contribution in [0.1, 0.15) is 17.0 Å². The SMILES string of the molecule is N#Cc1c(C(F)(F)F)cc(NCc2ncccn2)n2c1nc1ccccc12. The lowest BCUT2D eigenvalue weighted by atomic mass is 10.1. The Hall–Kier alpha value is -3.67. The average Bonchev–Trinajstić information content (AvgIpc) is 3.05. The summed E-state index contributed by atoms with van der Waals surface area (Å²) in [5.41, 5.74) is -0.518. The van der Waals surface area contributed by atoms with Gasteiger partial charge >= 0.3 is 6.18 Å². The van der Waals surface area contributed by atoms with Crippen molar-refractivity contribution in [3.63, 3.8) is 0 Å². The molecule has 27 heavy (non-hydrogen) atoms. The Morgan fingerprint density at radius 3 is 2.56 bits per heavy atom. The van der Waals surface area contributed by atoms with E-state index < -0.39 is 17.3 Å². The molecule has 0 unspecified atom stereocenters. The molecule has 0 saturated heterocycles. The van der Waals surface area contributed by atoms with E-state index in [1.165, 1.54) is 4.40 Å². The summed E-state index contributed by atoms with van der Waals surface area (Å²) in [5.74, 6) is 0.575. The van der Waals surface area contributed by atoms with Gasteiger partial charge in [0.05, 0.1) is 23.1 Å². The lowest BCUT2D eigenvalue weighted by Crippen LogP contribution is -2.13. The number of nitrogens with zero attached hydrogens (tertiary/aromatic N) is 5. The summed E-state index contributed by atoms with van der Waals surface area (Å²) < 4.78 is 42.1. The van der Waals surface area contributed by atoms with E-state index >= 15 is 0 Å². The fourth-order valence-corrected chi connectivity index (χ4v) is 2.89. The van der Waals surface area contributed by atoms with E-state index in [4.69, 9.17) is 0 Å². The number of hydrogen-bond donors (Lipinski definition) is 1. The molecule has 4 rings (SSSR count). The van der Waals surface area contributed by atoms with Gasteiger partial charge in [0.15, 0.2) is 5.65 Å². The molecule has 0 atom stereocenters. The number of nitrogens with one attached hydrogen (secondary N) is 1. The normalized spacial score (nSPS) is 11.6. The lowest BCUT2D eigenvalue weighted by Gasteiger charge is -2.15. The van der Waals surface area contributed by atoms with Crippen molar-refractivity contribution in [3.05, 3.63) is 65.7 Å². The van der Waals surface area contributed by atoms with Crippen LogP contribution in [-0.4, -0.2) is 19.4 Å². The molecule has 4 aromatic rings. The maximum absolute atomic E-state index is 13.5. The molecule has 1 N–H and O–H groups in total. The van der Waals surface area contributed by atoms with Gasteiger partial charge in [0.2, 0.25) is 0 Å². The summed E-state index contributed by atoms with van der Waals surface area (Å²) in [6.45, 7) is 0.117. The van der Waals surface area contributed by atoms with Gasteiger partial charge < -0.3 is 5.32 Å². The predicted molar refractivity (Wildman–Crippen MR) is 91.8 cm³/mol. The Morgan fingerprint density at radius 1 is 1.11 bits per heavy atom. The van der Waals surface area contributed by atoms with E-state index in [-0.39, 0.29) is 18.0 Å². The Kier molecular flexibility index (Phi) is 3.88. The lowest BCUT2D eigenvalue weighted by molar-refractivity contribution is -0.137. The molecule has 9 heteroatoms. The Balaban J connectivity index is 1.96. The first-order chi connectivity index (χ1) is 13.0. The van der Waals surface area contributed by atoms with Crippen LogP contribution < -0.4 is 5.32 Å². The smallest absolute Gasteiger partial charge is 0.364 e. The third-order valence-electron chi connectivity index (χ3n) is 4.04. The van der Waals surface area contributed by atoms with Crippen molar-refractivity contribution in [2.75, 3.05) is 5.32 Å². The van der Waals surface area contributed by atoms with Crippen molar-refractivity contribution in [1.29, 1.82) is 5.26 Å². The minimum atomic E-state index is -4.69. The molecular weight excluding hydrogens is 357 g/mol. The molecule has 0 saturated carbocycles. The quantitative estimate of drug-likeness (QED) is 0.595. The van der Waals surface area contributed by atoms with E-state index in [0.29, 0.717) is 16.9 Å². The number of hydrogen-bond acceptors (Lipinski definition) is 5. The fourth-order valence-electron chi connectivity index (χ4n) is 2.89. The second-order valence-electron chi connectivity index (χ2n) is 5.71. The second-order valence-corrected chi connectivity index (χ2v) is 5.71. The van der Waals surface area contributed by atoms with Gasteiger partial charge in [0.25, 0.3) is 0 Å². The molecule has 3 aromatic heterocycles. The van der Waals surface area contributed by atoms with Crippen molar-refractivity contribution in [3.8, 4) is 6.07 Å². The Morgan fingerprint density at radius 2 is 1.85 bits per heavy atom. The number of halogens is 3. The van der Waals surface area contributed by atoms with Gasteiger partial charge in [-0.2, -0.15) is 18.4 Å². The second kappa shape index (κ2) is 6.25. The van der Waals surface area contributed by atoms with Gasteiger partial charge in [-0.3, -0.25) is 4.40 Å². The summed E-state index contributed by atoms with van der Waals surface area (Å²) in [5, 5.41) is 12.3. The predicted octanol–water partition coefficient (Wildman–Crippen LogP) is 3.78. The molecule has 0 radical (unpaired) electrons. The summed E-state index contributed by atoms with van der Waals surface area (Å²) in [6.07, 6.45) is -1.59. The highest BCUT2D eigenvalue weighted by molar-refractivity contribution is 5.85. The largest absolute Gasteiger partial charge is 0.417 e. The number of para-hydroxylation sites is 2. The van der Waals surface area contributed by atoms with Crippen molar-refractivity contribution in [2.24, 2.45) is 0 Å². The molecule has 134 valence electrons.